The summed E-state index contributed by atoms with van der Waals surface area (Å²) in [6.07, 6.45) is 1.20. The highest BCUT2D eigenvalue weighted by molar-refractivity contribution is 6.31. The summed E-state index contributed by atoms with van der Waals surface area (Å²) in [6, 6.07) is 15.2. The number of methoxy groups -OCH3 is 2. The lowest BCUT2D eigenvalue weighted by Crippen LogP contribution is -2.32. The molecule has 0 aliphatic heterocycles. The van der Waals surface area contributed by atoms with Crippen LogP contribution in [0.1, 0.15) is 23.6 Å². The number of carbonyl (C=O) groups excluding carboxylic acids is 1. The first kappa shape index (κ1) is 20.6. The quantitative estimate of drug-likeness (QED) is 0.403. The summed E-state index contributed by atoms with van der Waals surface area (Å²) < 4.78 is 9.82. The van der Waals surface area contributed by atoms with Gasteiger partial charge in [-0.1, -0.05) is 48.0 Å². The maximum Gasteiger partial charge on any atom is 0.411 e. The molecule has 0 aliphatic carbocycles. The topological polar surface area (TPSA) is 63.5 Å². The van der Waals surface area contributed by atoms with E-state index in [1.807, 2.05) is 49.4 Å². The molecule has 1 amide bonds. The van der Waals surface area contributed by atoms with E-state index in [4.69, 9.17) is 21.1 Å². The predicted molar refractivity (Wildman–Crippen MR) is 108 cm³/mol. The Balaban J connectivity index is 2.18. The van der Waals surface area contributed by atoms with Crippen LogP contribution in [0.15, 0.2) is 58.7 Å². The summed E-state index contributed by atoms with van der Waals surface area (Å²) >= 11 is 6.29. The molecule has 0 saturated heterocycles. The van der Waals surface area contributed by atoms with Crippen LogP contribution in [0.2, 0.25) is 5.02 Å². The summed E-state index contributed by atoms with van der Waals surface area (Å²) in [7, 11) is 2.83. The first-order valence-electron chi connectivity index (χ1n) is 8.28. The van der Waals surface area contributed by atoms with Crippen LogP contribution >= 0.6 is 11.6 Å². The Morgan fingerprint density at radius 2 is 1.93 bits per heavy atom. The highest BCUT2D eigenvalue weighted by Gasteiger charge is 2.16. The number of amides is 1. The van der Waals surface area contributed by atoms with Crippen LogP contribution < -0.4 is 0 Å². The minimum absolute atomic E-state index is 0.0989. The van der Waals surface area contributed by atoms with Gasteiger partial charge in [0.15, 0.2) is 0 Å². The van der Waals surface area contributed by atoms with Gasteiger partial charge in [0.05, 0.1) is 25.6 Å². The maximum absolute atomic E-state index is 11.9. The van der Waals surface area contributed by atoms with Gasteiger partial charge in [0.25, 0.3) is 0 Å². The number of rotatable bonds is 7. The fraction of sp³-hybridized carbons (Fsp3) is 0.250. The first-order chi connectivity index (χ1) is 13.0. The standard InChI is InChI=1S/C20H22ClN3O3/c1-15(23-22-12-16-7-5-4-6-8-16)17-9-10-19(21)18(11-17)13-24(14-26-2)20(25)27-3/h4-12H,13-14H2,1-3H3. The summed E-state index contributed by atoms with van der Waals surface area (Å²) in [4.78, 5) is 13.3. The highest BCUT2D eigenvalue weighted by Crippen LogP contribution is 2.20. The molecule has 2 rings (SSSR count). The van der Waals surface area contributed by atoms with Gasteiger partial charge in [-0.3, -0.25) is 4.90 Å². The first-order valence-corrected chi connectivity index (χ1v) is 8.66. The summed E-state index contributed by atoms with van der Waals surface area (Å²) in [5, 5.41) is 8.91. The molecule has 6 nitrogen and oxygen atoms in total. The van der Waals surface area contributed by atoms with Gasteiger partial charge in [0, 0.05) is 12.1 Å². The zero-order valence-corrected chi connectivity index (χ0v) is 16.3. The molecule has 0 aromatic heterocycles. The molecular weight excluding hydrogens is 366 g/mol. The second-order valence-electron chi connectivity index (χ2n) is 5.73. The van der Waals surface area contributed by atoms with Crippen LogP contribution in [0.3, 0.4) is 0 Å². The third-order valence-corrected chi connectivity index (χ3v) is 4.13. The van der Waals surface area contributed by atoms with Crippen molar-refractivity contribution in [1.82, 2.24) is 4.90 Å². The van der Waals surface area contributed by atoms with Gasteiger partial charge in [-0.25, -0.2) is 4.79 Å². The van der Waals surface area contributed by atoms with Crippen molar-refractivity contribution in [3.8, 4) is 0 Å². The molecule has 0 fully saturated rings. The lowest BCUT2D eigenvalue weighted by molar-refractivity contribution is 0.0467. The van der Waals surface area contributed by atoms with E-state index in [0.717, 1.165) is 22.4 Å². The van der Waals surface area contributed by atoms with Crippen molar-refractivity contribution in [3.63, 3.8) is 0 Å². The third-order valence-electron chi connectivity index (χ3n) is 3.76. The minimum atomic E-state index is -0.490. The molecule has 0 radical (unpaired) electrons. The third kappa shape index (κ3) is 6.20. The second-order valence-corrected chi connectivity index (χ2v) is 6.14. The van der Waals surface area contributed by atoms with E-state index < -0.39 is 6.09 Å². The predicted octanol–water partition coefficient (Wildman–Crippen LogP) is 4.36. The molecule has 2 aromatic carbocycles. The zero-order chi connectivity index (χ0) is 19.6. The summed E-state index contributed by atoms with van der Waals surface area (Å²) in [5.74, 6) is 0. The molecule has 0 N–H and O–H groups in total. The summed E-state index contributed by atoms with van der Waals surface area (Å²) in [6.45, 7) is 2.22. The monoisotopic (exact) mass is 387 g/mol. The Labute approximate surface area is 164 Å². The van der Waals surface area contributed by atoms with Crippen LogP contribution in [-0.2, 0) is 16.0 Å². The summed E-state index contributed by atoms with van der Waals surface area (Å²) in [5.41, 5.74) is 3.33. The molecule has 7 heteroatoms. The Kier molecular flexibility index (Phi) is 7.98. The van der Waals surface area contributed by atoms with Crippen molar-refractivity contribution in [2.45, 2.75) is 13.5 Å². The van der Waals surface area contributed by atoms with Crippen LogP contribution in [0.4, 0.5) is 4.79 Å². The van der Waals surface area contributed by atoms with Crippen molar-refractivity contribution in [1.29, 1.82) is 0 Å². The number of nitrogens with zero attached hydrogens (tertiary/aromatic N) is 3. The Hall–Kier alpha value is -2.70. The number of halogens is 1. The molecule has 27 heavy (non-hydrogen) atoms. The van der Waals surface area contributed by atoms with E-state index in [1.54, 1.807) is 12.3 Å². The molecule has 142 valence electrons. The smallest absolute Gasteiger partial charge is 0.411 e. The molecule has 0 saturated carbocycles. The molecule has 0 heterocycles. The van der Waals surface area contributed by atoms with Crippen molar-refractivity contribution >= 4 is 29.6 Å². The van der Waals surface area contributed by atoms with Crippen LogP contribution in [0.25, 0.3) is 0 Å². The van der Waals surface area contributed by atoms with Crippen molar-refractivity contribution < 1.29 is 14.3 Å². The minimum Gasteiger partial charge on any atom is -0.453 e. The number of benzene rings is 2. The molecule has 0 spiro atoms. The number of carbonyl (C=O) groups is 1. The van der Waals surface area contributed by atoms with Gasteiger partial charge in [0.1, 0.15) is 6.73 Å². The normalized spacial score (nSPS) is 11.6. The van der Waals surface area contributed by atoms with Crippen molar-refractivity contribution in [2.24, 2.45) is 10.2 Å². The average Bonchev–Trinajstić information content (AvgIpc) is 2.69. The molecule has 0 unspecified atom stereocenters. The maximum atomic E-state index is 11.9. The number of hydrogen-bond acceptors (Lipinski definition) is 5. The van der Waals surface area contributed by atoms with Gasteiger partial charge in [-0.2, -0.15) is 10.2 Å². The van der Waals surface area contributed by atoms with Gasteiger partial charge >= 0.3 is 6.09 Å². The van der Waals surface area contributed by atoms with Crippen LogP contribution in [0, 0.1) is 0 Å². The van der Waals surface area contributed by atoms with E-state index in [9.17, 15) is 4.79 Å². The van der Waals surface area contributed by atoms with Crippen LogP contribution in [-0.4, -0.2) is 43.9 Å². The number of ether oxygens (including phenoxy) is 2. The number of hydrogen-bond donors (Lipinski definition) is 0. The van der Waals surface area contributed by atoms with E-state index in [2.05, 4.69) is 10.2 Å². The lowest BCUT2D eigenvalue weighted by Gasteiger charge is -2.21. The SMILES string of the molecule is COCN(Cc1cc(C(C)=NN=Cc2ccccc2)ccc1Cl)C(=O)OC. The van der Waals surface area contributed by atoms with Gasteiger partial charge in [-0.15, -0.1) is 0 Å². The Morgan fingerprint density at radius 3 is 2.59 bits per heavy atom. The fourth-order valence-electron chi connectivity index (χ4n) is 2.35. The lowest BCUT2D eigenvalue weighted by atomic mass is 10.1. The van der Waals surface area contributed by atoms with Crippen molar-refractivity contribution in [3.05, 3.63) is 70.2 Å². The largest absolute Gasteiger partial charge is 0.453 e. The van der Waals surface area contributed by atoms with Gasteiger partial charge in [-0.05, 0) is 35.7 Å². The zero-order valence-electron chi connectivity index (χ0n) is 15.6. The average molecular weight is 388 g/mol. The van der Waals surface area contributed by atoms with E-state index in [-0.39, 0.29) is 13.3 Å². The Morgan fingerprint density at radius 1 is 1.19 bits per heavy atom. The fourth-order valence-corrected chi connectivity index (χ4v) is 2.53. The molecule has 0 aliphatic rings. The van der Waals surface area contributed by atoms with E-state index in [1.165, 1.54) is 19.1 Å². The van der Waals surface area contributed by atoms with Crippen molar-refractivity contribution in [2.75, 3.05) is 21.0 Å². The van der Waals surface area contributed by atoms with Gasteiger partial charge < -0.3 is 9.47 Å². The highest BCUT2D eigenvalue weighted by atomic mass is 35.5. The van der Waals surface area contributed by atoms with E-state index >= 15 is 0 Å². The molecular formula is C20H22ClN3O3. The van der Waals surface area contributed by atoms with E-state index in [0.29, 0.717) is 5.02 Å². The van der Waals surface area contributed by atoms with Gasteiger partial charge in [0.2, 0.25) is 0 Å². The molecule has 0 bridgehead atoms. The Bertz CT molecular complexity index is 822. The van der Waals surface area contributed by atoms with Crippen LogP contribution in [0.5, 0.6) is 0 Å². The molecule has 0 atom stereocenters. The second kappa shape index (κ2) is 10.4. The molecule has 2 aromatic rings.